The van der Waals surface area contributed by atoms with Crippen LogP contribution in [0.1, 0.15) is 38.5 Å². The third-order valence-electron chi connectivity index (χ3n) is 8.10. The summed E-state index contributed by atoms with van der Waals surface area (Å²) in [6.45, 7) is 0.883. The molecule has 0 saturated heterocycles. The molecule has 2 aromatic heterocycles. The SMILES string of the molecule is COc1ccccc1-c1ccc(C(=O)N2Cc3ccc(C(=O)N(C)CCc4ccncc4)n3C=C3CC=CC=C32)cc1OC. The number of amides is 2. The number of fused-ring (bicyclic) bond motifs is 2. The van der Waals surface area contributed by atoms with Crippen molar-refractivity contribution in [2.75, 3.05) is 27.8 Å². The molecule has 0 N–H and O–H groups in total. The van der Waals surface area contributed by atoms with Gasteiger partial charge in [-0.05, 0) is 78.6 Å². The molecule has 44 heavy (non-hydrogen) atoms. The van der Waals surface area contributed by atoms with Gasteiger partial charge >= 0.3 is 0 Å². The Hall–Kier alpha value is -5.37. The quantitative estimate of drug-likeness (QED) is 0.245. The average Bonchev–Trinajstić information content (AvgIpc) is 3.39. The lowest BCUT2D eigenvalue weighted by Crippen LogP contribution is -2.31. The predicted octanol–water partition coefficient (Wildman–Crippen LogP) is 6.22. The monoisotopic (exact) mass is 586 g/mol. The van der Waals surface area contributed by atoms with Gasteiger partial charge in [0.25, 0.3) is 11.8 Å². The smallest absolute Gasteiger partial charge is 0.270 e. The Balaban J connectivity index is 1.30. The lowest BCUT2D eigenvalue weighted by molar-refractivity contribution is 0.0788. The van der Waals surface area contributed by atoms with Crippen LogP contribution in [-0.4, -0.2) is 59.0 Å². The fourth-order valence-electron chi connectivity index (χ4n) is 5.69. The number of benzene rings is 2. The highest BCUT2D eigenvalue weighted by Crippen LogP contribution is 2.38. The highest BCUT2D eigenvalue weighted by atomic mass is 16.5. The van der Waals surface area contributed by atoms with Crippen molar-refractivity contribution < 1.29 is 19.1 Å². The summed E-state index contributed by atoms with van der Waals surface area (Å²) in [7, 11) is 5.05. The molecule has 222 valence electrons. The van der Waals surface area contributed by atoms with E-state index in [1.807, 2.05) is 90.6 Å². The summed E-state index contributed by atoms with van der Waals surface area (Å²) in [5, 5.41) is 0. The minimum atomic E-state index is -0.153. The topological polar surface area (TPSA) is 76.9 Å². The molecule has 2 aliphatic rings. The fourth-order valence-corrected chi connectivity index (χ4v) is 5.69. The van der Waals surface area contributed by atoms with Crippen LogP contribution in [0.2, 0.25) is 0 Å². The van der Waals surface area contributed by atoms with Crippen molar-refractivity contribution >= 4 is 18.0 Å². The average molecular weight is 587 g/mol. The maximum Gasteiger partial charge on any atom is 0.270 e. The molecule has 4 aromatic rings. The van der Waals surface area contributed by atoms with Crippen LogP contribution >= 0.6 is 0 Å². The van der Waals surface area contributed by atoms with Crippen LogP contribution < -0.4 is 9.47 Å². The molecule has 8 nitrogen and oxygen atoms in total. The van der Waals surface area contributed by atoms with Crippen molar-refractivity contribution in [2.24, 2.45) is 0 Å². The summed E-state index contributed by atoms with van der Waals surface area (Å²) >= 11 is 0. The molecule has 3 heterocycles. The van der Waals surface area contributed by atoms with Crippen molar-refractivity contribution in [3.8, 4) is 22.6 Å². The van der Waals surface area contributed by atoms with Gasteiger partial charge in [0.2, 0.25) is 0 Å². The van der Waals surface area contributed by atoms with Crippen LogP contribution in [-0.2, 0) is 13.0 Å². The van der Waals surface area contributed by atoms with E-state index in [0.29, 0.717) is 36.5 Å². The van der Waals surface area contributed by atoms with Gasteiger partial charge in [0.1, 0.15) is 17.2 Å². The van der Waals surface area contributed by atoms with Gasteiger partial charge in [-0.15, -0.1) is 0 Å². The van der Waals surface area contributed by atoms with Gasteiger partial charge in [-0.3, -0.25) is 14.6 Å². The van der Waals surface area contributed by atoms with Crippen LogP contribution in [0, 0.1) is 0 Å². The summed E-state index contributed by atoms with van der Waals surface area (Å²) in [5.74, 6) is 1.07. The van der Waals surface area contributed by atoms with E-state index >= 15 is 0 Å². The molecule has 1 aliphatic heterocycles. The second-order valence-corrected chi connectivity index (χ2v) is 10.8. The molecule has 0 bridgehead atoms. The maximum absolute atomic E-state index is 14.2. The Kier molecular flexibility index (Phi) is 8.14. The zero-order valence-electron chi connectivity index (χ0n) is 25.1. The number of nitrogens with zero attached hydrogens (tertiary/aromatic N) is 4. The number of likely N-dealkylation sites (N-methyl/N-ethyl adjacent to an activating group) is 1. The molecular weight excluding hydrogens is 552 g/mol. The number of pyridine rings is 1. The Morgan fingerprint density at radius 2 is 1.70 bits per heavy atom. The van der Waals surface area contributed by atoms with E-state index in [-0.39, 0.29) is 11.8 Å². The third-order valence-corrected chi connectivity index (χ3v) is 8.10. The minimum absolute atomic E-state index is 0.0736. The van der Waals surface area contributed by atoms with Gasteiger partial charge in [0, 0.05) is 60.3 Å². The number of ether oxygens (including phenoxy) is 2. The molecule has 2 aromatic carbocycles. The van der Waals surface area contributed by atoms with Gasteiger partial charge in [-0.1, -0.05) is 30.4 Å². The molecule has 0 saturated carbocycles. The molecule has 0 radical (unpaired) electrons. The first-order chi connectivity index (χ1) is 21.5. The largest absolute Gasteiger partial charge is 0.496 e. The maximum atomic E-state index is 14.2. The second kappa shape index (κ2) is 12.5. The zero-order valence-corrected chi connectivity index (χ0v) is 25.1. The Bertz CT molecular complexity index is 1800. The van der Waals surface area contributed by atoms with Gasteiger partial charge in [0.05, 0.1) is 20.8 Å². The summed E-state index contributed by atoms with van der Waals surface area (Å²) in [5.41, 5.74) is 6.54. The fraction of sp³-hybridized carbons (Fsp3) is 0.194. The normalized spacial score (nSPS) is 13.7. The van der Waals surface area contributed by atoms with Crippen LogP contribution in [0.25, 0.3) is 17.3 Å². The van der Waals surface area contributed by atoms with Gasteiger partial charge in [0.15, 0.2) is 0 Å². The van der Waals surface area contributed by atoms with Crippen LogP contribution in [0.5, 0.6) is 11.5 Å². The van der Waals surface area contributed by atoms with Gasteiger partial charge < -0.3 is 23.8 Å². The van der Waals surface area contributed by atoms with E-state index in [4.69, 9.17) is 9.47 Å². The number of para-hydroxylation sites is 1. The van der Waals surface area contributed by atoms with Crippen molar-refractivity contribution in [2.45, 2.75) is 19.4 Å². The minimum Gasteiger partial charge on any atom is -0.496 e. The van der Waals surface area contributed by atoms with E-state index < -0.39 is 0 Å². The highest BCUT2D eigenvalue weighted by Gasteiger charge is 2.29. The molecule has 1 aliphatic carbocycles. The lowest BCUT2D eigenvalue weighted by atomic mass is 10.00. The molecular formula is C36H34N4O4. The summed E-state index contributed by atoms with van der Waals surface area (Å²) < 4.78 is 13.3. The number of carbonyl (C=O) groups excluding carboxylic acids is 2. The molecule has 0 spiro atoms. The molecule has 6 rings (SSSR count). The van der Waals surface area contributed by atoms with Crippen LogP contribution in [0.15, 0.2) is 109 Å². The standard InChI is InChI=1S/C36H34N4O4/c1-38(21-18-25-16-19-37-20-17-25)36(42)32-15-13-28-24-40(31-10-6-4-8-27(31)23-39(28)32)35(41)26-12-14-30(34(22-26)44-3)29-9-5-7-11-33(29)43-2/h4-7,9-17,19-20,22-23H,8,18,21,24H2,1-3H3. The van der Waals surface area contributed by atoms with Gasteiger partial charge in [-0.25, -0.2) is 0 Å². The van der Waals surface area contributed by atoms with E-state index in [0.717, 1.165) is 45.8 Å². The lowest BCUT2D eigenvalue weighted by Gasteiger charge is -2.26. The summed E-state index contributed by atoms with van der Waals surface area (Å²) in [6, 6.07) is 20.9. The number of hydrogen-bond acceptors (Lipinski definition) is 5. The van der Waals surface area contributed by atoms with Gasteiger partial charge in [-0.2, -0.15) is 0 Å². The molecule has 2 amide bonds. The third kappa shape index (κ3) is 5.54. The first kappa shape index (κ1) is 28.7. The van der Waals surface area contributed by atoms with Crippen molar-refractivity contribution in [3.63, 3.8) is 0 Å². The van der Waals surface area contributed by atoms with Crippen molar-refractivity contribution in [1.29, 1.82) is 0 Å². The number of hydrogen-bond donors (Lipinski definition) is 0. The number of allylic oxidation sites excluding steroid dienone is 4. The van der Waals surface area contributed by atoms with Crippen LogP contribution in [0.3, 0.4) is 0 Å². The van der Waals surface area contributed by atoms with E-state index in [2.05, 4.69) is 11.1 Å². The first-order valence-corrected chi connectivity index (χ1v) is 14.5. The molecule has 0 atom stereocenters. The Labute approximate surface area is 257 Å². The van der Waals surface area contributed by atoms with E-state index in [9.17, 15) is 9.59 Å². The highest BCUT2D eigenvalue weighted by molar-refractivity contribution is 5.98. The predicted molar refractivity (Wildman–Crippen MR) is 170 cm³/mol. The van der Waals surface area contributed by atoms with E-state index in [1.165, 1.54) is 0 Å². The van der Waals surface area contributed by atoms with Crippen molar-refractivity contribution in [1.82, 2.24) is 19.4 Å². The van der Waals surface area contributed by atoms with E-state index in [1.54, 1.807) is 42.5 Å². The number of aromatic nitrogens is 2. The Morgan fingerprint density at radius 1 is 0.932 bits per heavy atom. The first-order valence-electron chi connectivity index (χ1n) is 14.5. The summed E-state index contributed by atoms with van der Waals surface area (Å²) in [4.78, 5) is 35.4. The molecule has 0 fully saturated rings. The number of methoxy groups -OCH3 is 2. The Morgan fingerprint density at radius 3 is 2.50 bits per heavy atom. The number of carbonyl (C=O) groups is 2. The van der Waals surface area contributed by atoms with Crippen molar-refractivity contribution in [3.05, 3.63) is 131 Å². The second-order valence-electron chi connectivity index (χ2n) is 10.8. The summed E-state index contributed by atoms with van der Waals surface area (Å²) in [6.07, 6.45) is 12.9. The number of rotatable bonds is 8. The molecule has 8 heteroatoms. The van der Waals surface area contributed by atoms with Crippen LogP contribution in [0.4, 0.5) is 0 Å². The zero-order chi connectivity index (χ0) is 30.6. The molecule has 0 unspecified atom stereocenters.